The molecule has 0 fully saturated rings. The summed E-state index contributed by atoms with van der Waals surface area (Å²) >= 11 is 12.2. The third-order valence-corrected chi connectivity index (χ3v) is 3.72. The van der Waals surface area contributed by atoms with Gasteiger partial charge in [0.05, 0.1) is 5.69 Å². The molecule has 102 valence electrons. The topological polar surface area (TPSA) is 43.8 Å². The second-order valence-corrected chi connectivity index (χ2v) is 5.45. The molecule has 2 N–H and O–H groups in total. The van der Waals surface area contributed by atoms with Crippen molar-refractivity contribution in [3.05, 3.63) is 51.3 Å². The van der Waals surface area contributed by atoms with Gasteiger partial charge in [-0.3, -0.25) is 4.68 Å². The van der Waals surface area contributed by atoms with Gasteiger partial charge in [0.25, 0.3) is 0 Å². The summed E-state index contributed by atoms with van der Waals surface area (Å²) in [5.74, 6) is 0. The first-order chi connectivity index (χ1) is 9.01. The zero-order valence-electron chi connectivity index (χ0n) is 11.0. The maximum Gasteiger partial charge on any atom is 0.0669 e. The zero-order valence-corrected chi connectivity index (χ0v) is 12.5. The summed E-state index contributed by atoms with van der Waals surface area (Å²) < 4.78 is 1.80. The molecule has 0 bridgehead atoms. The van der Waals surface area contributed by atoms with Crippen LogP contribution in [-0.2, 0) is 19.9 Å². The Labute approximate surface area is 123 Å². The van der Waals surface area contributed by atoms with Crippen LogP contribution in [0.1, 0.15) is 29.8 Å². The van der Waals surface area contributed by atoms with E-state index >= 15 is 0 Å². The molecule has 19 heavy (non-hydrogen) atoms. The second kappa shape index (κ2) is 5.95. The smallest absolute Gasteiger partial charge is 0.0669 e. The van der Waals surface area contributed by atoms with Gasteiger partial charge in [0.15, 0.2) is 0 Å². The van der Waals surface area contributed by atoms with Crippen molar-refractivity contribution >= 4 is 23.2 Å². The minimum absolute atomic E-state index is 0.125. The van der Waals surface area contributed by atoms with Crippen molar-refractivity contribution in [1.82, 2.24) is 9.78 Å². The molecule has 0 aliphatic heterocycles. The van der Waals surface area contributed by atoms with Crippen molar-refractivity contribution in [2.75, 3.05) is 0 Å². The van der Waals surface area contributed by atoms with Gasteiger partial charge in [0.1, 0.15) is 0 Å². The van der Waals surface area contributed by atoms with Gasteiger partial charge < -0.3 is 5.73 Å². The number of halogens is 2. The Morgan fingerprint density at radius 1 is 1.37 bits per heavy atom. The molecule has 5 heteroatoms. The summed E-state index contributed by atoms with van der Waals surface area (Å²) in [5, 5.41) is 5.78. The third-order valence-electron chi connectivity index (χ3n) is 3.12. The standard InChI is InChI=1S/C14H17Cl2N3/c1-3-14-11(8-19(2)18-14)13(17)7-9-6-10(15)4-5-12(9)16/h4-6,8,13H,3,7,17H2,1-2H3. The van der Waals surface area contributed by atoms with Crippen LogP contribution < -0.4 is 5.73 Å². The number of nitrogens with two attached hydrogens (primary N) is 1. The molecule has 1 heterocycles. The number of nitrogens with zero attached hydrogens (tertiary/aromatic N) is 2. The van der Waals surface area contributed by atoms with E-state index in [1.807, 2.05) is 19.3 Å². The fraction of sp³-hybridized carbons (Fsp3) is 0.357. The van der Waals surface area contributed by atoms with Gasteiger partial charge in [-0.2, -0.15) is 5.10 Å². The van der Waals surface area contributed by atoms with Crippen LogP contribution in [0.5, 0.6) is 0 Å². The third kappa shape index (κ3) is 3.30. The Hall–Kier alpha value is -1.03. The average molecular weight is 298 g/mol. The van der Waals surface area contributed by atoms with Crippen molar-refractivity contribution in [3.63, 3.8) is 0 Å². The molecule has 1 atom stereocenters. The molecule has 2 rings (SSSR count). The molecule has 3 nitrogen and oxygen atoms in total. The van der Waals surface area contributed by atoms with Gasteiger partial charge in [-0.15, -0.1) is 0 Å². The van der Waals surface area contributed by atoms with E-state index in [9.17, 15) is 0 Å². The molecule has 0 saturated heterocycles. The molecule has 1 aromatic carbocycles. The van der Waals surface area contributed by atoms with Crippen LogP contribution in [0.25, 0.3) is 0 Å². The maximum atomic E-state index is 6.28. The van der Waals surface area contributed by atoms with Gasteiger partial charge >= 0.3 is 0 Å². The van der Waals surface area contributed by atoms with Gasteiger partial charge in [-0.1, -0.05) is 30.1 Å². The Balaban J connectivity index is 2.25. The van der Waals surface area contributed by atoms with Crippen LogP contribution in [0.3, 0.4) is 0 Å². The van der Waals surface area contributed by atoms with Gasteiger partial charge in [0.2, 0.25) is 0 Å². The molecule has 0 amide bonds. The molecule has 0 aliphatic rings. The monoisotopic (exact) mass is 297 g/mol. The average Bonchev–Trinajstić information content (AvgIpc) is 2.75. The van der Waals surface area contributed by atoms with Crippen molar-refractivity contribution in [1.29, 1.82) is 0 Å². The maximum absolute atomic E-state index is 6.28. The Morgan fingerprint density at radius 2 is 2.11 bits per heavy atom. The minimum atomic E-state index is -0.125. The lowest BCUT2D eigenvalue weighted by atomic mass is 9.99. The quantitative estimate of drug-likeness (QED) is 0.938. The van der Waals surface area contributed by atoms with E-state index < -0.39 is 0 Å². The van der Waals surface area contributed by atoms with E-state index in [2.05, 4.69) is 12.0 Å². The highest BCUT2D eigenvalue weighted by Crippen LogP contribution is 2.26. The molecular formula is C14H17Cl2N3. The molecule has 2 aromatic rings. The number of hydrogen-bond donors (Lipinski definition) is 1. The molecule has 0 saturated carbocycles. The summed E-state index contributed by atoms with van der Waals surface area (Å²) in [7, 11) is 1.90. The van der Waals surface area contributed by atoms with Crippen LogP contribution in [-0.4, -0.2) is 9.78 Å². The van der Waals surface area contributed by atoms with Crippen molar-refractivity contribution < 1.29 is 0 Å². The van der Waals surface area contributed by atoms with Crippen molar-refractivity contribution in [2.45, 2.75) is 25.8 Å². The van der Waals surface area contributed by atoms with Gasteiger partial charge in [-0.05, 0) is 36.6 Å². The molecule has 1 aromatic heterocycles. The highest BCUT2D eigenvalue weighted by Gasteiger charge is 2.16. The van der Waals surface area contributed by atoms with E-state index in [0.717, 1.165) is 23.2 Å². The van der Waals surface area contributed by atoms with E-state index in [4.69, 9.17) is 28.9 Å². The van der Waals surface area contributed by atoms with E-state index in [-0.39, 0.29) is 6.04 Å². The van der Waals surface area contributed by atoms with E-state index in [1.54, 1.807) is 16.8 Å². The summed E-state index contributed by atoms with van der Waals surface area (Å²) in [4.78, 5) is 0. The zero-order chi connectivity index (χ0) is 14.0. The number of hydrogen-bond acceptors (Lipinski definition) is 2. The fourth-order valence-corrected chi connectivity index (χ4v) is 2.57. The Kier molecular flexibility index (Phi) is 4.50. The first kappa shape index (κ1) is 14.4. The Bertz CT molecular complexity index is 578. The molecule has 0 radical (unpaired) electrons. The minimum Gasteiger partial charge on any atom is -0.324 e. The van der Waals surface area contributed by atoms with Crippen molar-refractivity contribution in [2.24, 2.45) is 12.8 Å². The number of aryl methyl sites for hydroxylation is 2. The predicted octanol–water partition coefficient (Wildman–Crippen LogP) is 3.53. The first-order valence-corrected chi connectivity index (χ1v) is 6.98. The van der Waals surface area contributed by atoms with Crippen LogP contribution in [0.2, 0.25) is 10.0 Å². The Morgan fingerprint density at radius 3 is 2.79 bits per heavy atom. The van der Waals surface area contributed by atoms with E-state index in [0.29, 0.717) is 16.5 Å². The highest BCUT2D eigenvalue weighted by molar-refractivity contribution is 6.33. The lowest BCUT2D eigenvalue weighted by molar-refractivity contribution is 0.712. The lowest BCUT2D eigenvalue weighted by Gasteiger charge is -2.13. The summed E-state index contributed by atoms with van der Waals surface area (Å²) in [6.45, 7) is 2.07. The lowest BCUT2D eigenvalue weighted by Crippen LogP contribution is -2.14. The van der Waals surface area contributed by atoms with Crippen LogP contribution >= 0.6 is 23.2 Å². The highest BCUT2D eigenvalue weighted by atomic mass is 35.5. The normalized spacial score (nSPS) is 12.7. The van der Waals surface area contributed by atoms with Crippen LogP contribution in [0.4, 0.5) is 0 Å². The molecule has 0 aliphatic carbocycles. The van der Waals surface area contributed by atoms with Crippen LogP contribution in [0.15, 0.2) is 24.4 Å². The summed E-state index contributed by atoms with van der Waals surface area (Å²) in [6, 6.07) is 5.32. The van der Waals surface area contributed by atoms with Gasteiger partial charge in [0, 0.05) is 34.9 Å². The number of aromatic nitrogens is 2. The summed E-state index contributed by atoms with van der Waals surface area (Å²) in [6.07, 6.45) is 3.49. The SMILES string of the molecule is CCc1nn(C)cc1C(N)Cc1cc(Cl)ccc1Cl. The largest absolute Gasteiger partial charge is 0.324 e. The van der Waals surface area contributed by atoms with Crippen molar-refractivity contribution in [3.8, 4) is 0 Å². The number of benzene rings is 1. The molecule has 1 unspecified atom stereocenters. The first-order valence-electron chi connectivity index (χ1n) is 6.23. The molecular weight excluding hydrogens is 281 g/mol. The summed E-state index contributed by atoms with van der Waals surface area (Å²) in [5.41, 5.74) is 9.35. The van der Waals surface area contributed by atoms with Gasteiger partial charge in [-0.25, -0.2) is 0 Å². The molecule has 0 spiro atoms. The number of rotatable bonds is 4. The predicted molar refractivity (Wildman–Crippen MR) is 79.7 cm³/mol. The van der Waals surface area contributed by atoms with Crippen LogP contribution in [0, 0.1) is 0 Å². The second-order valence-electron chi connectivity index (χ2n) is 4.60. The fourth-order valence-electron chi connectivity index (χ4n) is 2.18. The van der Waals surface area contributed by atoms with E-state index in [1.165, 1.54) is 0 Å².